The minimum Gasteiger partial charge on any atom is -0.497 e. The van der Waals surface area contributed by atoms with Crippen molar-refractivity contribution in [3.05, 3.63) is 35.9 Å². The number of Topliss-reactive ketones (excluding diaryl/α,β-unsaturated/α-hetero) is 1. The molecule has 1 aliphatic rings. The molecule has 4 nitrogen and oxygen atoms in total. The third-order valence-electron chi connectivity index (χ3n) is 3.09. The molecule has 4 heteroatoms. The summed E-state index contributed by atoms with van der Waals surface area (Å²) in [6, 6.07) is 9.14. The molecule has 0 bridgehead atoms. The maximum Gasteiger partial charge on any atom is 0.204 e. The van der Waals surface area contributed by atoms with Crippen LogP contribution in [0.5, 0.6) is 11.5 Å². The van der Waals surface area contributed by atoms with Crippen molar-refractivity contribution in [2.24, 2.45) is 0 Å². The highest BCUT2D eigenvalue weighted by Gasteiger charge is 2.26. The van der Waals surface area contributed by atoms with Gasteiger partial charge in [-0.1, -0.05) is 12.1 Å². The van der Waals surface area contributed by atoms with Gasteiger partial charge in [0, 0.05) is 5.39 Å². The van der Waals surface area contributed by atoms with E-state index in [2.05, 4.69) is 0 Å². The molecule has 2 aromatic rings. The van der Waals surface area contributed by atoms with Crippen LogP contribution >= 0.6 is 0 Å². The van der Waals surface area contributed by atoms with Gasteiger partial charge in [-0.2, -0.15) is 0 Å². The summed E-state index contributed by atoms with van der Waals surface area (Å²) in [5.74, 6) is 1.02. The highest BCUT2D eigenvalue weighted by atomic mass is 16.6. The Hall–Kier alpha value is -2.07. The number of rotatable bonds is 1. The minimum absolute atomic E-state index is 0.00246. The van der Waals surface area contributed by atoms with Crippen molar-refractivity contribution >= 4 is 16.6 Å². The summed E-state index contributed by atoms with van der Waals surface area (Å²) >= 11 is 0. The third kappa shape index (κ3) is 1.62. The van der Waals surface area contributed by atoms with E-state index >= 15 is 0 Å². The molecule has 1 atom stereocenters. The topological polar surface area (TPSA) is 55.8 Å². The van der Waals surface area contributed by atoms with Crippen LogP contribution < -0.4 is 9.47 Å². The van der Waals surface area contributed by atoms with E-state index in [1.165, 1.54) is 0 Å². The summed E-state index contributed by atoms with van der Waals surface area (Å²) < 4.78 is 10.6. The molecule has 1 heterocycles. The van der Waals surface area contributed by atoms with Crippen LogP contribution in [-0.2, 0) is 0 Å². The van der Waals surface area contributed by atoms with E-state index in [1.54, 1.807) is 19.2 Å². The van der Waals surface area contributed by atoms with Gasteiger partial charge < -0.3 is 14.6 Å². The Morgan fingerprint density at radius 3 is 2.89 bits per heavy atom. The lowest BCUT2D eigenvalue weighted by Crippen LogP contribution is -2.26. The van der Waals surface area contributed by atoms with Crippen LogP contribution in [0.25, 0.3) is 10.8 Å². The van der Waals surface area contributed by atoms with Crippen LogP contribution in [-0.4, -0.2) is 24.3 Å². The maximum absolute atomic E-state index is 11.8. The van der Waals surface area contributed by atoms with E-state index in [0.717, 1.165) is 10.8 Å². The lowest BCUT2D eigenvalue weighted by atomic mass is 9.99. The highest BCUT2D eigenvalue weighted by molar-refractivity contribution is 6.06. The Bertz CT molecular complexity index is 633. The average molecular weight is 244 g/mol. The molecule has 0 aliphatic carbocycles. The predicted molar refractivity (Wildman–Crippen MR) is 66.1 cm³/mol. The van der Waals surface area contributed by atoms with Crippen LogP contribution in [0.4, 0.5) is 0 Å². The molecule has 3 rings (SSSR count). The third-order valence-corrected chi connectivity index (χ3v) is 3.09. The summed E-state index contributed by atoms with van der Waals surface area (Å²) in [6.07, 6.45) is -1.07. The van der Waals surface area contributed by atoms with Gasteiger partial charge in [-0.3, -0.25) is 4.79 Å². The number of hydrogen-bond donors (Lipinski definition) is 1. The molecular weight excluding hydrogens is 232 g/mol. The van der Waals surface area contributed by atoms with Gasteiger partial charge in [-0.05, 0) is 23.6 Å². The van der Waals surface area contributed by atoms with Gasteiger partial charge in [0.25, 0.3) is 0 Å². The average Bonchev–Trinajstić information content (AvgIpc) is 2.37. The number of benzene rings is 2. The zero-order valence-electron chi connectivity index (χ0n) is 9.84. The second-order valence-corrected chi connectivity index (χ2v) is 4.23. The summed E-state index contributed by atoms with van der Waals surface area (Å²) in [5.41, 5.74) is 0.515. The molecule has 0 saturated heterocycles. The van der Waals surface area contributed by atoms with Crippen LogP contribution in [0.2, 0.25) is 0 Å². The SMILES string of the molecule is COc1ccc2ccc3c(c2c1)OC(O)CC3=O. The largest absolute Gasteiger partial charge is 0.497 e. The molecule has 0 spiro atoms. The van der Waals surface area contributed by atoms with Crippen molar-refractivity contribution in [3.8, 4) is 11.5 Å². The fraction of sp³-hybridized carbons (Fsp3) is 0.214. The normalized spacial score (nSPS) is 18.3. The summed E-state index contributed by atoms with van der Waals surface area (Å²) in [5, 5.41) is 11.3. The second-order valence-electron chi connectivity index (χ2n) is 4.23. The molecule has 0 aromatic heterocycles. The molecule has 2 aromatic carbocycles. The van der Waals surface area contributed by atoms with E-state index in [4.69, 9.17) is 9.47 Å². The van der Waals surface area contributed by atoms with Gasteiger partial charge in [-0.15, -0.1) is 0 Å². The van der Waals surface area contributed by atoms with Crippen molar-refractivity contribution in [3.63, 3.8) is 0 Å². The lowest BCUT2D eigenvalue weighted by Gasteiger charge is -2.22. The minimum atomic E-state index is -1.07. The van der Waals surface area contributed by atoms with Crippen molar-refractivity contribution in [2.75, 3.05) is 7.11 Å². The smallest absolute Gasteiger partial charge is 0.204 e. The van der Waals surface area contributed by atoms with E-state index in [-0.39, 0.29) is 12.2 Å². The molecule has 0 saturated carbocycles. The maximum atomic E-state index is 11.8. The molecule has 1 unspecified atom stereocenters. The highest BCUT2D eigenvalue weighted by Crippen LogP contribution is 2.36. The van der Waals surface area contributed by atoms with Crippen molar-refractivity contribution in [1.82, 2.24) is 0 Å². The van der Waals surface area contributed by atoms with Crippen molar-refractivity contribution in [2.45, 2.75) is 12.7 Å². The molecule has 92 valence electrons. The van der Waals surface area contributed by atoms with Crippen LogP contribution in [0.1, 0.15) is 16.8 Å². The standard InChI is InChI=1S/C14H12O4/c1-17-9-4-2-8-3-5-10-12(15)7-13(16)18-14(10)11(8)6-9/h2-6,13,16H,7H2,1H3. The Kier molecular flexibility index (Phi) is 2.45. The number of methoxy groups -OCH3 is 1. The van der Waals surface area contributed by atoms with E-state index in [9.17, 15) is 9.90 Å². The van der Waals surface area contributed by atoms with E-state index < -0.39 is 6.29 Å². The summed E-state index contributed by atoms with van der Waals surface area (Å²) in [7, 11) is 1.58. The molecular formula is C14H12O4. The zero-order chi connectivity index (χ0) is 12.7. The quantitative estimate of drug-likeness (QED) is 0.835. The van der Waals surface area contributed by atoms with Gasteiger partial charge in [0.2, 0.25) is 6.29 Å². The van der Waals surface area contributed by atoms with Crippen molar-refractivity contribution in [1.29, 1.82) is 0 Å². The van der Waals surface area contributed by atoms with E-state index in [1.807, 2.05) is 18.2 Å². The number of aliphatic hydroxyl groups excluding tert-OH is 1. The summed E-state index contributed by atoms with van der Waals surface area (Å²) in [6.45, 7) is 0. The monoisotopic (exact) mass is 244 g/mol. The van der Waals surface area contributed by atoms with E-state index in [0.29, 0.717) is 17.1 Å². The number of ketones is 1. The molecule has 0 radical (unpaired) electrons. The Balaban J connectivity index is 2.29. The van der Waals surface area contributed by atoms with Crippen LogP contribution in [0.3, 0.4) is 0 Å². The number of carbonyl (C=O) groups is 1. The Morgan fingerprint density at radius 1 is 1.33 bits per heavy atom. The summed E-state index contributed by atoms with van der Waals surface area (Å²) in [4.78, 5) is 11.8. The number of carbonyl (C=O) groups excluding carboxylic acids is 1. The number of ether oxygens (including phenoxy) is 2. The molecule has 18 heavy (non-hydrogen) atoms. The molecule has 1 N–H and O–H groups in total. The van der Waals surface area contributed by atoms with Crippen molar-refractivity contribution < 1.29 is 19.4 Å². The first kappa shape index (κ1) is 11.0. The van der Waals surface area contributed by atoms with Gasteiger partial charge >= 0.3 is 0 Å². The second kappa shape index (κ2) is 3.99. The fourth-order valence-electron chi connectivity index (χ4n) is 2.19. The van der Waals surface area contributed by atoms with Gasteiger partial charge in [0.15, 0.2) is 5.78 Å². The Morgan fingerprint density at radius 2 is 2.11 bits per heavy atom. The first-order valence-corrected chi connectivity index (χ1v) is 5.68. The number of aliphatic hydroxyl groups is 1. The van der Waals surface area contributed by atoms with Crippen LogP contribution in [0.15, 0.2) is 30.3 Å². The van der Waals surface area contributed by atoms with Gasteiger partial charge in [0.05, 0.1) is 19.1 Å². The number of fused-ring (bicyclic) bond motifs is 3. The zero-order valence-corrected chi connectivity index (χ0v) is 9.84. The van der Waals surface area contributed by atoms with Gasteiger partial charge in [-0.25, -0.2) is 0 Å². The van der Waals surface area contributed by atoms with Gasteiger partial charge in [0.1, 0.15) is 11.5 Å². The van der Waals surface area contributed by atoms with Crippen LogP contribution in [0, 0.1) is 0 Å². The first-order chi connectivity index (χ1) is 8.69. The fourth-order valence-corrected chi connectivity index (χ4v) is 2.19. The Labute approximate surface area is 104 Å². The molecule has 1 aliphatic heterocycles. The first-order valence-electron chi connectivity index (χ1n) is 5.68. The number of hydrogen-bond acceptors (Lipinski definition) is 4. The molecule has 0 amide bonds. The lowest BCUT2D eigenvalue weighted by molar-refractivity contribution is -0.0235. The molecule has 0 fully saturated rings. The predicted octanol–water partition coefficient (Wildman–Crippen LogP) is 2.13.